The molecule has 0 spiro atoms. The molecule has 4 rings (SSSR count). The number of ether oxygens (including phenoxy) is 2. The van der Waals surface area contributed by atoms with Crippen LogP contribution in [-0.4, -0.2) is 26.3 Å². The van der Waals surface area contributed by atoms with E-state index in [4.69, 9.17) is 9.47 Å². The molecule has 1 amide bonds. The zero-order valence-electron chi connectivity index (χ0n) is 16.7. The van der Waals surface area contributed by atoms with Crippen LogP contribution in [0.1, 0.15) is 32.8 Å². The van der Waals surface area contributed by atoms with E-state index in [0.29, 0.717) is 27.8 Å². The lowest BCUT2D eigenvalue weighted by molar-refractivity contribution is 0.102. The zero-order chi connectivity index (χ0) is 21.1. The molecule has 1 heterocycles. The summed E-state index contributed by atoms with van der Waals surface area (Å²) in [7, 11) is 3.12. The molecule has 0 unspecified atom stereocenters. The van der Waals surface area contributed by atoms with Gasteiger partial charge in [-0.25, -0.2) is 9.38 Å². The minimum absolute atomic E-state index is 0.218. The van der Waals surface area contributed by atoms with Crippen LogP contribution < -0.4 is 14.8 Å². The van der Waals surface area contributed by atoms with Crippen LogP contribution in [0.25, 0.3) is 0 Å². The van der Waals surface area contributed by atoms with E-state index in [2.05, 4.69) is 10.3 Å². The number of methoxy groups -OCH3 is 2. The number of fused-ring (bicyclic) bond motifs is 1. The number of halogens is 1. The number of carbonyl (C=O) groups excluding carboxylic acids is 1. The minimum atomic E-state index is -0.296. The smallest absolute Gasteiger partial charge is 0.259 e. The van der Waals surface area contributed by atoms with Crippen molar-refractivity contribution >= 4 is 34.1 Å². The Hall–Kier alpha value is -3.19. The summed E-state index contributed by atoms with van der Waals surface area (Å²) in [5.41, 5.74) is 3.00. The molecule has 1 aliphatic rings. The van der Waals surface area contributed by atoms with Crippen molar-refractivity contribution < 1.29 is 18.7 Å². The van der Waals surface area contributed by atoms with Gasteiger partial charge in [-0.15, -0.1) is 11.3 Å². The number of benzene rings is 2. The minimum Gasteiger partial charge on any atom is -0.497 e. The molecule has 0 saturated carbocycles. The predicted molar refractivity (Wildman–Crippen MR) is 117 cm³/mol. The van der Waals surface area contributed by atoms with E-state index in [1.807, 2.05) is 0 Å². The average Bonchev–Trinajstić information content (AvgIpc) is 3.34. The van der Waals surface area contributed by atoms with E-state index in [-0.39, 0.29) is 11.7 Å². The largest absolute Gasteiger partial charge is 0.497 e. The van der Waals surface area contributed by atoms with Crippen molar-refractivity contribution in [2.75, 3.05) is 19.5 Å². The van der Waals surface area contributed by atoms with E-state index >= 15 is 0 Å². The lowest BCUT2D eigenvalue weighted by Crippen LogP contribution is -2.14. The summed E-state index contributed by atoms with van der Waals surface area (Å²) in [6.45, 7) is 0. The first-order valence-electron chi connectivity index (χ1n) is 9.56. The molecule has 1 N–H and O–H groups in total. The number of aliphatic imine (C=N–C) groups is 1. The quantitative estimate of drug-likeness (QED) is 0.539. The molecule has 7 heteroatoms. The van der Waals surface area contributed by atoms with Crippen molar-refractivity contribution in [2.24, 2.45) is 4.99 Å². The second-order valence-corrected chi connectivity index (χ2v) is 7.95. The molecule has 5 nitrogen and oxygen atoms in total. The van der Waals surface area contributed by atoms with Crippen molar-refractivity contribution in [1.82, 2.24) is 0 Å². The van der Waals surface area contributed by atoms with Crippen molar-refractivity contribution in [3.05, 3.63) is 69.8 Å². The maximum atomic E-state index is 13.2. The van der Waals surface area contributed by atoms with Crippen LogP contribution in [0.2, 0.25) is 0 Å². The maximum Gasteiger partial charge on any atom is 0.259 e. The number of aryl methyl sites for hydroxylation is 1. The summed E-state index contributed by atoms with van der Waals surface area (Å²) in [5, 5.41) is 3.62. The second-order valence-electron chi connectivity index (χ2n) is 6.87. The molecule has 0 saturated heterocycles. The lowest BCUT2D eigenvalue weighted by Gasteiger charge is -2.12. The monoisotopic (exact) mass is 424 g/mol. The van der Waals surface area contributed by atoms with E-state index in [0.717, 1.165) is 30.4 Å². The summed E-state index contributed by atoms with van der Waals surface area (Å²) in [4.78, 5) is 19.0. The Bertz CT molecular complexity index is 1110. The van der Waals surface area contributed by atoms with Crippen molar-refractivity contribution in [3.8, 4) is 11.5 Å². The van der Waals surface area contributed by atoms with Gasteiger partial charge in [-0.3, -0.25) is 4.79 Å². The van der Waals surface area contributed by atoms with Gasteiger partial charge in [-0.1, -0.05) is 12.1 Å². The van der Waals surface area contributed by atoms with Gasteiger partial charge in [0.25, 0.3) is 5.91 Å². The number of rotatable bonds is 6. The zero-order valence-corrected chi connectivity index (χ0v) is 17.5. The molecular formula is C23H21FN2O3S. The Morgan fingerprint density at radius 2 is 1.93 bits per heavy atom. The number of thiophene rings is 1. The van der Waals surface area contributed by atoms with Crippen LogP contribution in [0, 0.1) is 5.82 Å². The van der Waals surface area contributed by atoms with Gasteiger partial charge in [0, 0.05) is 17.2 Å². The summed E-state index contributed by atoms with van der Waals surface area (Å²) in [6.07, 6.45) is 4.51. The van der Waals surface area contributed by atoms with Crippen LogP contribution in [0.3, 0.4) is 0 Å². The number of hydrogen-bond donors (Lipinski definition) is 1. The topological polar surface area (TPSA) is 59.9 Å². The van der Waals surface area contributed by atoms with Crippen LogP contribution >= 0.6 is 11.3 Å². The van der Waals surface area contributed by atoms with Gasteiger partial charge < -0.3 is 14.8 Å². The molecule has 3 aromatic rings. The Morgan fingerprint density at radius 3 is 2.67 bits per heavy atom. The first-order valence-corrected chi connectivity index (χ1v) is 10.4. The Morgan fingerprint density at radius 1 is 1.13 bits per heavy atom. The van der Waals surface area contributed by atoms with Gasteiger partial charge in [-0.05, 0) is 54.7 Å². The van der Waals surface area contributed by atoms with E-state index in [9.17, 15) is 9.18 Å². The Balaban J connectivity index is 1.65. The second kappa shape index (κ2) is 8.67. The number of anilines is 1. The Kier molecular flexibility index (Phi) is 5.81. The summed E-state index contributed by atoms with van der Waals surface area (Å²) in [6, 6.07) is 11.3. The molecule has 2 aromatic carbocycles. The third kappa shape index (κ3) is 4.07. The summed E-state index contributed by atoms with van der Waals surface area (Å²) < 4.78 is 23.7. The maximum absolute atomic E-state index is 13.2. The SMILES string of the molecule is COc1ccc(NC(=O)c2c(N=Cc3ccc(F)cc3)sc3c2CCC3)c(OC)c1. The fourth-order valence-electron chi connectivity index (χ4n) is 3.48. The highest BCUT2D eigenvalue weighted by Gasteiger charge is 2.27. The normalized spacial score (nSPS) is 12.8. The van der Waals surface area contributed by atoms with E-state index in [1.165, 1.54) is 17.0 Å². The first kappa shape index (κ1) is 20.1. The molecule has 0 atom stereocenters. The molecule has 1 aliphatic carbocycles. The third-order valence-electron chi connectivity index (χ3n) is 4.99. The van der Waals surface area contributed by atoms with Gasteiger partial charge in [0.05, 0.1) is 25.5 Å². The predicted octanol–water partition coefficient (Wildman–Crippen LogP) is 5.40. The highest BCUT2D eigenvalue weighted by Crippen LogP contribution is 2.41. The number of carbonyl (C=O) groups is 1. The van der Waals surface area contributed by atoms with Gasteiger partial charge in [0.15, 0.2) is 0 Å². The standard InChI is InChI=1S/C23H21FN2O3S/c1-28-16-10-11-18(19(12-16)29-2)26-22(27)21-17-4-3-5-20(17)30-23(21)25-13-14-6-8-15(24)9-7-14/h6-13H,3-5H2,1-2H3,(H,26,27). The van der Waals surface area contributed by atoms with Gasteiger partial charge in [0.2, 0.25) is 0 Å². The molecular weight excluding hydrogens is 403 g/mol. The van der Waals surface area contributed by atoms with E-state index in [1.54, 1.807) is 62.1 Å². The van der Waals surface area contributed by atoms with Crippen molar-refractivity contribution in [2.45, 2.75) is 19.3 Å². The molecule has 0 radical (unpaired) electrons. The third-order valence-corrected chi connectivity index (χ3v) is 6.19. The fraction of sp³-hybridized carbons (Fsp3) is 0.217. The van der Waals surface area contributed by atoms with Crippen LogP contribution in [0.4, 0.5) is 15.1 Å². The summed E-state index contributed by atoms with van der Waals surface area (Å²) >= 11 is 1.54. The van der Waals surface area contributed by atoms with Crippen LogP contribution in [-0.2, 0) is 12.8 Å². The average molecular weight is 424 g/mol. The molecule has 1 aromatic heterocycles. The van der Waals surface area contributed by atoms with Gasteiger partial charge >= 0.3 is 0 Å². The molecule has 0 bridgehead atoms. The highest BCUT2D eigenvalue weighted by atomic mass is 32.1. The molecule has 154 valence electrons. The summed E-state index contributed by atoms with van der Waals surface area (Å²) in [5.74, 6) is 0.650. The Labute approximate surface area is 178 Å². The van der Waals surface area contributed by atoms with Crippen LogP contribution in [0.5, 0.6) is 11.5 Å². The van der Waals surface area contributed by atoms with Gasteiger partial charge in [-0.2, -0.15) is 0 Å². The first-order chi connectivity index (χ1) is 14.6. The number of hydrogen-bond acceptors (Lipinski definition) is 5. The number of nitrogens with zero attached hydrogens (tertiary/aromatic N) is 1. The number of nitrogens with one attached hydrogen (secondary N) is 1. The molecule has 30 heavy (non-hydrogen) atoms. The molecule has 0 aliphatic heterocycles. The highest BCUT2D eigenvalue weighted by molar-refractivity contribution is 7.16. The lowest BCUT2D eigenvalue weighted by atomic mass is 10.1. The van der Waals surface area contributed by atoms with Gasteiger partial charge in [0.1, 0.15) is 22.3 Å². The van der Waals surface area contributed by atoms with Crippen molar-refractivity contribution in [1.29, 1.82) is 0 Å². The fourth-order valence-corrected chi connectivity index (χ4v) is 4.71. The van der Waals surface area contributed by atoms with Crippen molar-refractivity contribution in [3.63, 3.8) is 0 Å². The molecule has 0 fully saturated rings. The van der Waals surface area contributed by atoms with E-state index < -0.39 is 0 Å². The van der Waals surface area contributed by atoms with Crippen LogP contribution in [0.15, 0.2) is 47.5 Å². The number of amides is 1.